The monoisotopic (exact) mass is 275 g/mol. The maximum Gasteiger partial charge on any atom is 0.325 e. The van der Waals surface area contributed by atoms with Gasteiger partial charge in [0.2, 0.25) is 0 Å². The molecule has 0 fully saturated rings. The van der Waals surface area contributed by atoms with Gasteiger partial charge in [-0.2, -0.15) is 0 Å². The van der Waals surface area contributed by atoms with Gasteiger partial charge in [0.25, 0.3) is 5.91 Å². The van der Waals surface area contributed by atoms with E-state index in [0.29, 0.717) is 5.58 Å². The van der Waals surface area contributed by atoms with Crippen LogP contribution in [-0.2, 0) is 11.2 Å². The number of furan rings is 1. The molecular formula is C15H17NO4. The SMILES string of the molecule is CCc1ccc2oc(C(=O)NC(C)C(=O)O)c(C)c2c1. The van der Waals surface area contributed by atoms with Gasteiger partial charge >= 0.3 is 5.97 Å². The molecule has 1 aromatic carbocycles. The first-order chi connectivity index (χ1) is 9.43. The van der Waals surface area contributed by atoms with Gasteiger partial charge in [-0.15, -0.1) is 0 Å². The first kappa shape index (κ1) is 14.1. The number of aliphatic carboxylic acids is 1. The molecule has 1 aromatic heterocycles. The maximum absolute atomic E-state index is 12.0. The molecule has 1 atom stereocenters. The van der Waals surface area contributed by atoms with Crippen LogP contribution in [0.5, 0.6) is 0 Å². The summed E-state index contributed by atoms with van der Waals surface area (Å²) < 4.78 is 5.54. The van der Waals surface area contributed by atoms with Gasteiger partial charge in [-0.3, -0.25) is 9.59 Å². The zero-order valence-electron chi connectivity index (χ0n) is 11.7. The normalized spacial score (nSPS) is 12.3. The van der Waals surface area contributed by atoms with Gasteiger partial charge in [-0.1, -0.05) is 13.0 Å². The van der Waals surface area contributed by atoms with Gasteiger partial charge < -0.3 is 14.8 Å². The summed E-state index contributed by atoms with van der Waals surface area (Å²) in [7, 11) is 0. The van der Waals surface area contributed by atoms with E-state index in [1.54, 1.807) is 6.92 Å². The molecule has 0 aliphatic heterocycles. The molecule has 2 rings (SSSR count). The molecule has 0 saturated heterocycles. The largest absolute Gasteiger partial charge is 0.480 e. The summed E-state index contributed by atoms with van der Waals surface area (Å²) in [4.78, 5) is 22.8. The predicted molar refractivity (Wildman–Crippen MR) is 74.9 cm³/mol. The molecule has 5 nitrogen and oxygen atoms in total. The zero-order valence-corrected chi connectivity index (χ0v) is 11.7. The second-order valence-electron chi connectivity index (χ2n) is 4.77. The van der Waals surface area contributed by atoms with Crippen molar-refractivity contribution in [3.63, 3.8) is 0 Å². The molecule has 0 spiro atoms. The third-order valence-corrected chi connectivity index (χ3v) is 3.33. The Morgan fingerprint density at radius 3 is 2.70 bits per heavy atom. The van der Waals surface area contributed by atoms with Crippen molar-refractivity contribution in [2.75, 3.05) is 0 Å². The summed E-state index contributed by atoms with van der Waals surface area (Å²) in [6, 6.07) is 4.82. The van der Waals surface area contributed by atoms with Gasteiger partial charge in [0.05, 0.1) is 0 Å². The molecule has 0 aliphatic carbocycles. The van der Waals surface area contributed by atoms with Gasteiger partial charge in [0.15, 0.2) is 5.76 Å². The minimum Gasteiger partial charge on any atom is -0.480 e. The van der Waals surface area contributed by atoms with Crippen molar-refractivity contribution in [2.45, 2.75) is 33.2 Å². The van der Waals surface area contributed by atoms with Crippen LogP contribution < -0.4 is 5.32 Å². The fourth-order valence-electron chi connectivity index (χ4n) is 2.03. The van der Waals surface area contributed by atoms with Crippen LogP contribution in [0.2, 0.25) is 0 Å². The number of hydrogen-bond donors (Lipinski definition) is 2. The van der Waals surface area contributed by atoms with Crippen LogP contribution in [0.4, 0.5) is 0 Å². The van der Waals surface area contributed by atoms with Gasteiger partial charge in [0, 0.05) is 10.9 Å². The molecule has 0 radical (unpaired) electrons. The summed E-state index contributed by atoms with van der Waals surface area (Å²) >= 11 is 0. The molecule has 1 unspecified atom stereocenters. The second kappa shape index (κ2) is 5.36. The molecule has 106 valence electrons. The van der Waals surface area contributed by atoms with E-state index in [2.05, 4.69) is 12.2 Å². The van der Waals surface area contributed by atoms with Crippen LogP contribution in [0.15, 0.2) is 22.6 Å². The smallest absolute Gasteiger partial charge is 0.325 e. The summed E-state index contributed by atoms with van der Waals surface area (Å²) in [6.45, 7) is 5.26. The summed E-state index contributed by atoms with van der Waals surface area (Å²) in [6.07, 6.45) is 0.901. The fraction of sp³-hybridized carbons (Fsp3) is 0.333. The van der Waals surface area contributed by atoms with Crippen molar-refractivity contribution >= 4 is 22.8 Å². The predicted octanol–water partition coefficient (Wildman–Crippen LogP) is 2.51. The summed E-state index contributed by atoms with van der Waals surface area (Å²) in [5, 5.41) is 12.1. The van der Waals surface area contributed by atoms with Crippen molar-refractivity contribution < 1.29 is 19.1 Å². The number of fused-ring (bicyclic) bond motifs is 1. The highest BCUT2D eigenvalue weighted by Gasteiger charge is 2.21. The fourth-order valence-corrected chi connectivity index (χ4v) is 2.03. The van der Waals surface area contributed by atoms with Gasteiger partial charge in [0.1, 0.15) is 11.6 Å². The number of carbonyl (C=O) groups is 2. The third-order valence-electron chi connectivity index (χ3n) is 3.33. The van der Waals surface area contributed by atoms with E-state index in [9.17, 15) is 9.59 Å². The first-order valence-electron chi connectivity index (χ1n) is 6.49. The topological polar surface area (TPSA) is 79.5 Å². The molecule has 5 heteroatoms. The van der Waals surface area contributed by atoms with Gasteiger partial charge in [-0.25, -0.2) is 0 Å². The second-order valence-corrected chi connectivity index (χ2v) is 4.77. The number of rotatable bonds is 4. The van der Waals surface area contributed by atoms with Gasteiger partial charge in [-0.05, 0) is 38.0 Å². The molecule has 2 N–H and O–H groups in total. The molecule has 2 aromatic rings. The number of nitrogens with one attached hydrogen (secondary N) is 1. The van der Waals surface area contributed by atoms with Crippen molar-refractivity contribution in [3.8, 4) is 0 Å². The number of benzene rings is 1. The Morgan fingerprint density at radius 1 is 1.40 bits per heavy atom. The number of hydrogen-bond acceptors (Lipinski definition) is 3. The lowest BCUT2D eigenvalue weighted by molar-refractivity contribution is -0.138. The lowest BCUT2D eigenvalue weighted by atomic mass is 10.1. The van der Waals surface area contributed by atoms with Crippen LogP contribution in [0.25, 0.3) is 11.0 Å². The van der Waals surface area contributed by atoms with Crippen molar-refractivity contribution in [1.82, 2.24) is 5.32 Å². The average Bonchev–Trinajstić information content (AvgIpc) is 2.75. The van der Waals surface area contributed by atoms with E-state index in [4.69, 9.17) is 9.52 Å². The third kappa shape index (κ3) is 2.52. The number of amides is 1. The Hall–Kier alpha value is -2.30. The number of carbonyl (C=O) groups excluding carboxylic acids is 1. The van der Waals surface area contributed by atoms with Crippen LogP contribution in [0, 0.1) is 6.92 Å². The van der Waals surface area contributed by atoms with Crippen LogP contribution >= 0.6 is 0 Å². The highest BCUT2D eigenvalue weighted by atomic mass is 16.4. The Bertz CT molecular complexity index is 672. The maximum atomic E-state index is 12.0. The quantitative estimate of drug-likeness (QED) is 0.898. The molecule has 20 heavy (non-hydrogen) atoms. The zero-order chi connectivity index (χ0) is 14.9. The molecule has 0 bridgehead atoms. The Kier molecular flexibility index (Phi) is 3.79. The molecule has 0 saturated carbocycles. The highest BCUT2D eigenvalue weighted by Crippen LogP contribution is 2.26. The van der Waals surface area contributed by atoms with Crippen LogP contribution in [0.1, 0.15) is 35.5 Å². The molecular weight excluding hydrogens is 258 g/mol. The van der Waals surface area contributed by atoms with E-state index >= 15 is 0 Å². The van der Waals surface area contributed by atoms with Crippen LogP contribution in [0.3, 0.4) is 0 Å². The lowest BCUT2D eigenvalue weighted by Gasteiger charge is -2.07. The van der Waals surface area contributed by atoms with E-state index in [1.807, 2.05) is 18.2 Å². The number of carboxylic acids is 1. The van der Waals surface area contributed by atoms with E-state index in [-0.39, 0.29) is 5.76 Å². The minimum absolute atomic E-state index is 0.168. The van der Waals surface area contributed by atoms with E-state index in [0.717, 1.165) is 22.9 Å². The Balaban J connectivity index is 2.37. The summed E-state index contributed by atoms with van der Waals surface area (Å²) in [5.74, 6) is -1.42. The molecule has 0 aliphatic rings. The average molecular weight is 275 g/mol. The van der Waals surface area contributed by atoms with Crippen LogP contribution in [-0.4, -0.2) is 23.0 Å². The first-order valence-corrected chi connectivity index (χ1v) is 6.49. The Morgan fingerprint density at radius 2 is 2.10 bits per heavy atom. The standard InChI is InChI=1S/C15H17NO4/c1-4-10-5-6-12-11(7-10)8(2)13(20-12)14(17)16-9(3)15(18)19/h5-7,9H,4H2,1-3H3,(H,16,17)(H,18,19). The van der Waals surface area contributed by atoms with E-state index in [1.165, 1.54) is 6.92 Å². The minimum atomic E-state index is -1.08. The lowest BCUT2D eigenvalue weighted by Crippen LogP contribution is -2.38. The number of carboxylic acid groups (broad SMARTS) is 1. The molecule has 1 amide bonds. The molecule has 1 heterocycles. The number of aryl methyl sites for hydroxylation is 2. The summed E-state index contributed by atoms with van der Waals surface area (Å²) in [5.41, 5.74) is 2.52. The van der Waals surface area contributed by atoms with Crippen molar-refractivity contribution in [1.29, 1.82) is 0 Å². The van der Waals surface area contributed by atoms with Crippen molar-refractivity contribution in [2.24, 2.45) is 0 Å². The highest BCUT2D eigenvalue weighted by molar-refractivity contribution is 6.00. The van der Waals surface area contributed by atoms with E-state index < -0.39 is 17.9 Å². The Labute approximate surface area is 116 Å². The van der Waals surface area contributed by atoms with Crippen molar-refractivity contribution in [3.05, 3.63) is 35.1 Å².